The van der Waals surface area contributed by atoms with Gasteiger partial charge >= 0.3 is 12.0 Å². The van der Waals surface area contributed by atoms with Crippen LogP contribution in [0.15, 0.2) is 5.38 Å². The number of amides is 2. The van der Waals surface area contributed by atoms with Crippen molar-refractivity contribution >= 4 is 23.3 Å². The molecule has 0 aliphatic heterocycles. The summed E-state index contributed by atoms with van der Waals surface area (Å²) in [5, 5.41) is 25.3. The van der Waals surface area contributed by atoms with Gasteiger partial charge in [0.15, 0.2) is 6.04 Å². The summed E-state index contributed by atoms with van der Waals surface area (Å²) in [7, 11) is 0. The van der Waals surface area contributed by atoms with Gasteiger partial charge in [-0.25, -0.2) is 14.6 Å². The lowest BCUT2D eigenvalue weighted by Gasteiger charge is -2.17. The molecule has 0 aliphatic carbocycles. The molecule has 0 aliphatic rings. The van der Waals surface area contributed by atoms with Crippen molar-refractivity contribution in [1.29, 1.82) is 0 Å². The molecule has 2 amide bonds. The van der Waals surface area contributed by atoms with Crippen LogP contribution in [0.4, 0.5) is 4.79 Å². The number of aromatic nitrogens is 1. The molecule has 2 unspecified atom stereocenters. The smallest absolute Gasteiger partial charge is 0.328 e. The van der Waals surface area contributed by atoms with Crippen molar-refractivity contribution in [1.82, 2.24) is 15.6 Å². The molecule has 7 nitrogen and oxygen atoms in total. The van der Waals surface area contributed by atoms with Gasteiger partial charge in [0.2, 0.25) is 0 Å². The molecule has 100 valence electrons. The fraction of sp³-hybridized carbons (Fsp3) is 0.500. The number of carboxylic acid groups (broad SMARTS) is 1. The highest BCUT2D eigenvalue weighted by atomic mass is 32.1. The number of rotatable bonds is 5. The number of carbonyl (C=O) groups excluding carboxylic acids is 1. The summed E-state index contributed by atoms with van der Waals surface area (Å²) in [4.78, 5) is 26.3. The largest absolute Gasteiger partial charge is 0.480 e. The molecular weight excluding hydrogens is 258 g/mol. The van der Waals surface area contributed by atoms with E-state index in [1.54, 1.807) is 5.38 Å². The number of hydrogen-bond acceptors (Lipinski definition) is 5. The lowest BCUT2D eigenvalue weighted by atomic mass is 10.2. The summed E-state index contributed by atoms with van der Waals surface area (Å²) >= 11 is 1.46. The van der Waals surface area contributed by atoms with E-state index < -0.39 is 24.1 Å². The number of aliphatic hydroxyl groups excluding tert-OH is 1. The minimum Gasteiger partial charge on any atom is -0.480 e. The zero-order chi connectivity index (χ0) is 13.7. The second-order valence-electron chi connectivity index (χ2n) is 3.74. The molecule has 0 bridgehead atoms. The number of nitrogens with one attached hydrogen (secondary N) is 2. The van der Waals surface area contributed by atoms with E-state index in [0.717, 1.165) is 5.01 Å². The van der Waals surface area contributed by atoms with Crippen molar-refractivity contribution in [2.45, 2.75) is 32.5 Å². The molecule has 0 saturated carbocycles. The Labute approximate surface area is 108 Å². The maximum absolute atomic E-state index is 11.4. The van der Waals surface area contributed by atoms with Crippen LogP contribution in [0.1, 0.15) is 17.6 Å². The van der Waals surface area contributed by atoms with E-state index in [1.165, 1.54) is 18.3 Å². The van der Waals surface area contributed by atoms with Crippen LogP contribution in [0, 0.1) is 6.92 Å². The van der Waals surface area contributed by atoms with Crippen LogP contribution >= 0.6 is 11.3 Å². The van der Waals surface area contributed by atoms with Crippen molar-refractivity contribution < 1.29 is 19.8 Å². The highest BCUT2D eigenvalue weighted by Gasteiger charge is 2.24. The SMILES string of the molecule is Cc1nc(CNC(=O)NC(C(=O)O)C(C)O)cs1. The molecule has 1 aromatic heterocycles. The lowest BCUT2D eigenvalue weighted by molar-refractivity contribution is -0.141. The minimum atomic E-state index is -1.33. The highest BCUT2D eigenvalue weighted by Crippen LogP contribution is 2.07. The predicted molar refractivity (Wildman–Crippen MR) is 65.3 cm³/mol. The van der Waals surface area contributed by atoms with Crippen LogP contribution in [0.3, 0.4) is 0 Å². The van der Waals surface area contributed by atoms with Crippen molar-refractivity contribution in [2.75, 3.05) is 0 Å². The molecule has 0 spiro atoms. The fourth-order valence-electron chi connectivity index (χ4n) is 1.24. The average Bonchev–Trinajstić information content (AvgIpc) is 2.68. The summed E-state index contributed by atoms with van der Waals surface area (Å²) in [5.41, 5.74) is 0.705. The quantitative estimate of drug-likeness (QED) is 0.607. The van der Waals surface area contributed by atoms with E-state index in [-0.39, 0.29) is 6.54 Å². The molecule has 18 heavy (non-hydrogen) atoms. The van der Waals surface area contributed by atoms with E-state index in [0.29, 0.717) is 5.69 Å². The first kappa shape index (κ1) is 14.4. The maximum Gasteiger partial charge on any atom is 0.328 e. The van der Waals surface area contributed by atoms with Crippen LogP contribution in [-0.2, 0) is 11.3 Å². The lowest BCUT2D eigenvalue weighted by Crippen LogP contribution is -2.50. The Morgan fingerprint density at radius 3 is 2.67 bits per heavy atom. The van der Waals surface area contributed by atoms with Crippen LogP contribution in [0.2, 0.25) is 0 Å². The number of aliphatic carboxylic acids is 1. The number of carbonyl (C=O) groups is 2. The summed E-state index contributed by atoms with van der Waals surface area (Å²) < 4.78 is 0. The fourth-order valence-corrected chi connectivity index (χ4v) is 1.85. The van der Waals surface area contributed by atoms with Crippen molar-refractivity contribution in [3.63, 3.8) is 0 Å². The molecule has 1 heterocycles. The Bertz CT molecular complexity index is 433. The third-order valence-electron chi connectivity index (χ3n) is 2.13. The molecule has 0 saturated heterocycles. The molecule has 8 heteroatoms. The van der Waals surface area contributed by atoms with Crippen LogP contribution < -0.4 is 10.6 Å². The van der Waals surface area contributed by atoms with Crippen molar-refractivity contribution in [3.05, 3.63) is 16.1 Å². The summed E-state index contributed by atoms with van der Waals surface area (Å²) in [6, 6.07) is -1.99. The first-order valence-corrected chi connectivity index (χ1v) is 6.14. The summed E-state index contributed by atoms with van der Waals surface area (Å²) in [5.74, 6) is -1.29. The van der Waals surface area contributed by atoms with E-state index in [1.807, 2.05) is 6.92 Å². The van der Waals surface area contributed by atoms with E-state index in [2.05, 4.69) is 15.6 Å². The Balaban J connectivity index is 2.43. The normalized spacial score (nSPS) is 13.7. The first-order chi connectivity index (χ1) is 8.40. The number of aliphatic hydroxyl groups is 1. The Morgan fingerprint density at radius 1 is 1.56 bits per heavy atom. The number of nitrogens with zero attached hydrogens (tertiary/aromatic N) is 1. The van der Waals surface area contributed by atoms with Gasteiger partial charge in [0.25, 0.3) is 0 Å². The van der Waals surface area contributed by atoms with Gasteiger partial charge < -0.3 is 20.8 Å². The van der Waals surface area contributed by atoms with Gasteiger partial charge in [-0.3, -0.25) is 0 Å². The van der Waals surface area contributed by atoms with Gasteiger partial charge in [0.1, 0.15) is 0 Å². The minimum absolute atomic E-state index is 0.211. The Hall–Kier alpha value is -1.67. The average molecular weight is 273 g/mol. The molecule has 1 rings (SSSR count). The van der Waals surface area contributed by atoms with Crippen LogP contribution in [0.5, 0.6) is 0 Å². The van der Waals surface area contributed by atoms with Gasteiger partial charge in [-0.2, -0.15) is 0 Å². The maximum atomic E-state index is 11.4. The monoisotopic (exact) mass is 273 g/mol. The number of urea groups is 1. The number of hydrogen-bond donors (Lipinski definition) is 4. The van der Waals surface area contributed by atoms with Crippen molar-refractivity contribution in [3.8, 4) is 0 Å². The van der Waals surface area contributed by atoms with Gasteiger partial charge in [-0.05, 0) is 13.8 Å². The zero-order valence-corrected chi connectivity index (χ0v) is 10.8. The molecule has 1 aromatic rings. The molecule has 2 atom stereocenters. The zero-order valence-electron chi connectivity index (χ0n) is 10.0. The van der Waals surface area contributed by atoms with Gasteiger partial charge in [-0.1, -0.05) is 0 Å². The van der Waals surface area contributed by atoms with Gasteiger partial charge in [-0.15, -0.1) is 11.3 Å². The van der Waals surface area contributed by atoms with Crippen LogP contribution in [0.25, 0.3) is 0 Å². The predicted octanol–water partition coefficient (Wildman–Crippen LogP) is 0.0847. The topological polar surface area (TPSA) is 112 Å². The number of carboxylic acids is 1. The summed E-state index contributed by atoms with van der Waals surface area (Å²) in [6.07, 6.45) is -1.17. The summed E-state index contributed by atoms with van der Waals surface area (Å²) in [6.45, 7) is 3.35. The molecule has 0 fully saturated rings. The highest BCUT2D eigenvalue weighted by molar-refractivity contribution is 7.09. The molecule has 0 aromatic carbocycles. The molecule has 4 N–H and O–H groups in total. The molecule has 0 radical (unpaired) electrons. The Kier molecular flexibility index (Phi) is 5.05. The second kappa shape index (κ2) is 6.31. The molecular formula is C10H15N3O4S. The van der Waals surface area contributed by atoms with Crippen molar-refractivity contribution in [2.24, 2.45) is 0 Å². The third-order valence-corrected chi connectivity index (χ3v) is 2.95. The van der Waals surface area contributed by atoms with E-state index in [4.69, 9.17) is 5.11 Å². The van der Waals surface area contributed by atoms with E-state index in [9.17, 15) is 14.7 Å². The first-order valence-electron chi connectivity index (χ1n) is 5.26. The number of thiazole rings is 1. The van der Waals surface area contributed by atoms with Crippen LogP contribution in [-0.4, -0.2) is 39.3 Å². The second-order valence-corrected chi connectivity index (χ2v) is 4.80. The third kappa shape index (κ3) is 4.30. The standard InChI is InChI=1S/C10H15N3O4S/c1-5(14)8(9(15)16)13-10(17)11-3-7-4-18-6(2)12-7/h4-5,8,14H,3H2,1-2H3,(H,15,16)(H2,11,13,17). The van der Waals surface area contributed by atoms with Gasteiger partial charge in [0, 0.05) is 5.38 Å². The number of aryl methyl sites for hydroxylation is 1. The van der Waals surface area contributed by atoms with Gasteiger partial charge in [0.05, 0.1) is 23.4 Å². The Morgan fingerprint density at radius 2 is 2.22 bits per heavy atom. The van der Waals surface area contributed by atoms with E-state index >= 15 is 0 Å².